The van der Waals surface area contributed by atoms with Crippen LogP contribution >= 0.6 is 12.4 Å². The van der Waals surface area contributed by atoms with Gasteiger partial charge < -0.3 is 10.6 Å². The average Bonchev–Trinajstić information content (AvgIpc) is 2.53. The largest absolute Gasteiger partial charge is 0.338 e. The van der Waals surface area contributed by atoms with Gasteiger partial charge in [-0.25, -0.2) is 0 Å². The zero-order valence-corrected chi connectivity index (χ0v) is 14.5. The van der Waals surface area contributed by atoms with Gasteiger partial charge in [-0.2, -0.15) is 0 Å². The number of pyridine rings is 1. The van der Waals surface area contributed by atoms with Crippen molar-refractivity contribution >= 4 is 29.2 Å². The van der Waals surface area contributed by atoms with Gasteiger partial charge in [-0.15, -0.1) is 12.4 Å². The standard InChI is InChI=1S/C18H23N3O.ClH/c1-12-7-8-21(11-14(12)10-19)18(22)16-9-13(2)20-17-6-4-3-5-15(16)17;/h3-6,9,12,14H,7-8,10-11,19H2,1-2H3;1H. The van der Waals surface area contributed by atoms with Gasteiger partial charge in [0.05, 0.1) is 11.1 Å². The number of piperidine rings is 1. The van der Waals surface area contributed by atoms with Crippen molar-refractivity contribution in [3.8, 4) is 0 Å². The fourth-order valence-electron chi connectivity index (χ4n) is 3.30. The fraction of sp³-hybridized carbons (Fsp3) is 0.444. The summed E-state index contributed by atoms with van der Waals surface area (Å²) in [6.07, 6.45) is 1.02. The minimum absolute atomic E-state index is 0. The third kappa shape index (κ3) is 3.48. The lowest BCUT2D eigenvalue weighted by atomic mass is 9.87. The van der Waals surface area contributed by atoms with E-state index in [1.165, 1.54) is 0 Å². The van der Waals surface area contributed by atoms with E-state index in [0.29, 0.717) is 18.4 Å². The molecule has 0 radical (unpaired) electrons. The Labute approximate surface area is 143 Å². The maximum Gasteiger partial charge on any atom is 0.254 e. The third-order valence-electron chi connectivity index (χ3n) is 4.78. The van der Waals surface area contributed by atoms with E-state index in [4.69, 9.17) is 5.73 Å². The van der Waals surface area contributed by atoms with Gasteiger partial charge in [0, 0.05) is 24.2 Å². The molecule has 1 fully saturated rings. The first-order chi connectivity index (χ1) is 10.6. The van der Waals surface area contributed by atoms with Gasteiger partial charge >= 0.3 is 0 Å². The van der Waals surface area contributed by atoms with Crippen LogP contribution < -0.4 is 5.73 Å². The van der Waals surface area contributed by atoms with Gasteiger partial charge in [0.25, 0.3) is 5.91 Å². The van der Waals surface area contributed by atoms with E-state index in [2.05, 4.69) is 11.9 Å². The number of halogens is 1. The summed E-state index contributed by atoms with van der Waals surface area (Å²) < 4.78 is 0. The van der Waals surface area contributed by atoms with Crippen LogP contribution in [0.1, 0.15) is 29.4 Å². The lowest BCUT2D eigenvalue weighted by molar-refractivity contribution is 0.0620. The molecule has 5 heteroatoms. The number of carbonyl (C=O) groups excluding carboxylic acids is 1. The number of aryl methyl sites for hydroxylation is 1. The highest BCUT2D eigenvalue weighted by atomic mass is 35.5. The van der Waals surface area contributed by atoms with Crippen LogP contribution in [-0.2, 0) is 0 Å². The summed E-state index contributed by atoms with van der Waals surface area (Å²) in [5, 5.41) is 0.932. The molecule has 1 aliphatic rings. The lowest BCUT2D eigenvalue weighted by Gasteiger charge is -2.36. The van der Waals surface area contributed by atoms with E-state index < -0.39 is 0 Å². The number of hydrogen-bond donors (Lipinski definition) is 1. The second kappa shape index (κ2) is 7.28. The number of nitrogens with two attached hydrogens (primary N) is 1. The molecule has 1 aromatic carbocycles. The number of rotatable bonds is 2. The van der Waals surface area contributed by atoms with Gasteiger partial charge in [-0.1, -0.05) is 25.1 Å². The topological polar surface area (TPSA) is 59.2 Å². The Balaban J connectivity index is 0.00000192. The molecule has 2 N–H and O–H groups in total. The Morgan fingerprint density at radius 2 is 2.13 bits per heavy atom. The Bertz CT molecular complexity index is 704. The van der Waals surface area contributed by atoms with E-state index >= 15 is 0 Å². The quantitative estimate of drug-likeness (QED) is 0.919. The summed E-state index contributed by atoms with van der Waals surface area (Å²) in [6, 6.07) is 9.75. The Morgan fingerprint density at radius 3 is 2.87 bits per heavy atom. The van der Waals surface area contributed by atoms with Crippen molar-refractivity contribution in [3.05, 3.63) is 41.6 Å². The average molecular weight is 334 g/mol. The smallest absolute Gasteiger partial charge is 0.254 e. The summed E-state index contributed by atoms with van der Waals surface area (Å²) in [4.78, 5) is 19.5. The number of fused-ring (bicyclic) bond motifs is 1. The van der Waals surface area contributed by atoms with Gasteiger partial charge in [-0.3, -0.25) is 9.78 Å². The zero-order valence-electron chi connectivity index (χ0n) is 13.7. The fourth-order valence-corrected chi connectivity index (χ4v) is 3.30. The number of benzene rings is 1. The molecule has 0 bridgehead atoms. The molecular formula is C18H24ClN3O. The van der Waals surface area contributed by atoms with Gasteiger partial charge in [0.2, 0.25) is 0 Å². The van der Waals surface area contributed by atoms with Crippen LogP contribution in [0.4, 0.5) is 0 Å². The first kappa shape index (κ1) is 17.7. The van der Waals surface area contributed by atoms with Crippen LogP contribution in [-0.4, -0.2) is 35.4 Å². The van der Waals surface area contributed by atoms with Gasteiger partial charge in [0.1, 0.15) is 0 Å². The lowest BCUT2D eigenvalue weighted by Crippen LogP contribution is -2.45. The summed E-state index contributed by atoms with van der Waals surface area (Å²) in [5.74, 6) is 1.09. The number of hydrogen-bond acceptors (Lipinski definition) is 3. The summed E-state index contributed by atoms with van der Waals surface area (Å²) >= 11 is 0. The Morgan fingerprint density at radius 1 is 1.39 bits per heavy atom. The Hall–Kier alpha value is -1.65. The summed E-state index contributed by atoms with van der Waals surface area (Å²) in [7, 11) is 0. The highest BCUT2D eigenvalue weighted by Crippen LogP contribution is 2.26. The van der Waals surface area contributed by atoms with E-state index in [1.807, 2.05) is 42.2 Å². The van der Waals surface area contributed by atoms with Crippen molar-refractivity contribution in [1.82, 2.24) is 9.88 Å². The molecule has 2 heterocycles. The van der Waals surface area contributed by atoms with Gasteiger partial charge in [-0.05, 0) is 43.9 Å². The number of nitrogens with zero attached hydrogens (tertiary/aromatic N) is 2. The van der Waals surface area contributed by atoms with Crippen LogP contribution in [0.3, 0.4) is 0 Å². The summed E-state index contributed by atoms with van der Waals surface area (Å²) in [6.45, 7) is 6.37. The van der Waals surface area contributed by atoms with Crippen molar-refractivity contribution in [3.63, 3.8) is 0 Å². The predicted octanol–water partition coefficient (Wildman–Crippen LogP) is 3.02. The third-order valence-corrected chi connectivity index (χ3v) is 4.78. The van der Waals surface area contributed by atoms with E-state index in [-0.39, 0.29) is 18.3 Å². The van der Waals surface area contributed by atoms with Crippen molar-refractivity contribution in [2.75, 3.05) is 19.6 Å². The highest BCUT2D eigenvalue weighted by Gasteiger charge is 2.29. The molecule has 1 amide bonds. The molecule has 1 aliphatic heterocycles. The first-order valence-electron chi connectivity index (χ1n) is 7.96. The highest BCUT2D eigenvalue weighted by molar-refractivity contribution is 6.06. The molecule has 0 saturated carbocycles. The van der Waals surface area contributed by atoms with E-state index in [9.17, 15) is 4.79 Å². The molecule has 23 heavy (non-hydrogen) atoms. The molecular weight excluding hydrogens is 310 g/mol. The van der Waals surface area contributed by atoms with E-state index in [0.717, 1.165) is 41.7 Å². The number of aromatic nitrogens is 1. The normalized spacial score (nSPS) is 21.1. The van der Waals surface area contributed by atoms with Crippen LogP contribution in [0.5, 0.6) is 0 Å². The minimum atomic E-state index is 0. The number of carbonyl (C=O) groups is 1. The van der Waals surface area contributed by atoms with Crippen molar-refractivity contribution in [2.45, 2.75) is 20.3 Å². The second-order valence-corrected chi connectivity index (χ2v) is 6.34. The molecule has 1 saturated heterocycles. The monoisotopic (exact) mass is 333 g/mol. The van der Waals surface area contributed by atoms with Crippen molar-refractivity contribution in [1.29, 1.82) is 0 Å². The predicted molar refractivity (Wildman–Crippen MR) is 96.0 cm³/mol. The minimum Gasteiger partial charge on any atom is -0.338 e. The second-order valence-electron chi connectivity index (χ2n) is 6.34. The van der Waals surface area contributed by atoms with E-state index in [1.54, 1.807) is 0 Å². The molecule has 0 spiro atoms. The molecule has 1 aromatic heterocycles. The number of likely N-dealkylation sites (tertiary alicyclic amines) is 1. The maximum atomic E-state index is 13.0. The number of amides is 1. The van der Waals surface area contributed by atoms with Gasteiger partial charge in [0.15, 0.2) is 0 Å². The molecule has 2 unspecified atom stereocenters. The summed E-state index contributed by atoms with van der Waals surface area (Å²) in [5.41, 5.74) is 8.38. The molecule has 3 rings (SSSR count). The first-order valence-corrected chi connectivity index (χ1v) is 7.96. The van der Waals surface area contributed by atoms with Crippen LogP contribution in [0.15, 0.2) is 30.3 Å². The molecule has 124 valence electrons. The van der Waals surface area contributed by atoms with Crippen molar-refractivity contribution in [2.24, 2.45) is 17.6 Å². The van der Waals surface area contributed by atoms with Crippen LogP contribution in [0.2, 0.25) is 0 Å². The van der Waals surface area contributed by atoms with Crippen LogP contribution in [0.25, 0.3) is 10.9 Å². The van der Waals surface area contributed by atoms with Crippen molar-refractivity contribution < 1.29 is 4.79 Å². The SMILES string of the molecule is Cc1cc(C(=O)N2CCC(C)C(CN)C2)c2ccccc2n1.Cl. The number of para-hydroxylation sites is 1. The molecule has 0 aliphatic carbocycles. The van der Waals surface area contributed by atoms with Crippen LogP contribution in [0, 0.1) is 18.8 Å². The molecule has 2 atom stereocenters. The Kier molecular flexibility index (Phi) is 5.60. The maximum absolute atomic E-state index is 13.0. The molecule has 2 aromatic rings. The molecule has 4 nitrogen and oxygen atoms in total. The zero-order chi connectivity index (χ0) is 15.7.